The minimum Gasteiger partial charge on any atom is -0.487 e. The molecule has 0 saturated heterocycles. The van der Waals surface area contributed by atoms with Gasteiger partial charge in [0.2, 0.25) is 0 Å². The number of benzene rings is 1. The third-order valence-electron chi connectivity index (χ3n) is 3.17. The van der Waals surface area contributed by atoms with Gasteiger partial charge in [0.25, 0.3) is 0 Å². The highest BCUT2D eigenvalue weighted by molar-refractivity contribution is 5.36. The molecule has 1 aromatic heterocycles. The van der Waals surface area contributed by atoms with Crippen LogP contribution in [-0.2, 0) is 13.7 Å². The fraction of sp³-hybridized carbons (Fsp3) is 0.357. The first-order chi connectivity index (χ1) is 9.11. The molecule has 5 heteroatoms. The van der Waals surface area contributed by atoms with E-state index in [-0.39, 0.29) is 11.9 Å². The van der Waals surface area contributed by atoms with Crippen molar-refractivity contribution in [3.05, 3.63) is 47.8 Å². The topological polar surface area (TPSA) is 39.1 Å². The van der Waals surface area contributed by atoms with Gasteiger partial charge < -0.3 is 14.6 Å². The fourth-order valence-electron chi connectivity index (χ4n) is 1.82. The van der Waals surface area contributed by atoms with Gasteiger partial charge in [0.15, 0.2) is 0 Å². The molecule has 2 aromatic rings. The monoisotopic (exact) mass is 263 g/mol. The Bertz CT molecular complexity index is 553. The molecule has 1 heterocycles. The standard InChI is InChI=1S/C14H18FN3O/c1-10(16-2)13-5-4-11(15)6-14(13)19-8-12-7-17-9-18(12)3/h4-7,9-10,16H,8H2,1-3H3. The van der Waals surface area contributed by atoms with E-state index >= 15 is 0 Å². The molecule has 19 heavy (non-hydrogen) atoms. The van der Waals surface area contributed by atoms with Crippen LogP contribution < -0.4 is 10.1 Å². The molecule has 0 radical (unpaired) electrons. The molecule has 0 fully saturated rings. The highest BCUT2D eigenvalue weighted by Crippen LogP contribution is 2.26. The van der Waals surface area contributed by atoms with Crippen molar-refractivity contribution in [3.8, 4) is 5.75 Å². The summed E-state index contributed by atoms with van der Waals surface area (Å²) < 4.78 is 20.9. The van der Waals surface area contributed by atoms with Gasteiger partial charge in [-0.3, -0.25) is 0 Å². The van der Waals surface area contributed by atoms with E-state index in [2.05, 4.69) is 10.3 Å². The second-order valence-corrected chi connectivity index (χ2v) is 4.48. The van der Waals surface area contributed by atoms with E-state index in [1.807, 2.05) is 25.6 Å². The number of nitrogens with zero attached hydrogens (tertiary/aromatic N) is 2. The lowest BCUT2D eigenvalue weighted by atomic mass is 10.1. The maximum atomic E-state index is 13.3. The Kier molecular flexibility index (Phi) is 4.16. The lowest BCUT2D eigenvalue weighted by molar-refractivity contribution is 0.290. The molecule has 0 saturated carbocycles. The number of hydrogen-bond donors (Lipinski definition) is 1. The third kappa shape index (κ3) is 3.12. The number of rotatable bonds is 5. The van der Waals surface area contributed by atoms with E-state index in [1.165, 1.54) is 12.1 Å². The van der Waals surface area contributed by atoms with Crippen LogP contribution >= 0.6 is 0 Å². The summed E-state index contributed by atoms with van der Waals surface area (Å²) in [4.78, 5) is 4.02. The molecule has 4 nitrogen and oxygen atoms in total. The number of halogens is 1. The van der Waals surface area contributed by atoms with Crippen molar-refractivity contribution in [1.29, 1.82) is 0 Å². The van der Waals surface area contributed by atoms with E-state index in [0.717, 1.165) is 11.3 Å². The van der Waals surface area contributed by atoms with Gasteiger partial charge in [-0.25, -0.2) is 9.37 Å². The minimum atomic E-state index is -0.299. The Hall–Kier alpha value is -1.88. The SMILES string of the molecule is CNC(C)c1ccc(F)cc1OCc1cncn1C. The molecule has 1 aromatic carbocycles. The van der Waals surface area contributed by atoms with Gasteiger partial charge in [-0.05, 0) is 20.0 Å². The van der Waals surface area contributed by atoms with Crippen molar-refractivity contribution in [2.75, 3.05) is 7.05 Å². The Balaban J connectivity index is 2.19. The summed E-state index contributed by atoms with van der Waals surface area (Å²) in [5, 5.41) is 3.13. The van der Waals surface area contributed by atoms with Crippen LogP contribution in [0.1, 0.15) is 24.2 Å². The molecule has 2 rings (SSSR count). The summed E-state index contributed by atoms with van der Waals surface area (Å²) in [6.45, 7) is 2.37. The van der Waals surface area contributed by atoms with E-state index in [0.29, 0.717) is 12.4 Å². The van der Waals surface area contributed by atoms with Crippen LogP contribution in [0.3, 0.4) is 0 Å². The highest BCUT2D eigenvalue weighted by Gasteiger charge is 2.12. The summed E-state index contributed by atoms with van der Waals surface area (Å²) >= 11 is 0. The van der Waals surface area contributed by atoms with Crippen molar-refractivity contribution in [2.45, 2.75) is 19.6 Å². The average molecular weight is 263 g/mol. The molecule has 1 N–H and O–H groups in total. The van der Waals surface area contributed by atoms with Crippen LogP contribution in [0.25, 0.3) is 0 Å². The number of ether oxygens (including phenoxy) is 1. The zero-order chi connectivity index (χ0) is 13.8. The lowest BCUT2D eigenvalue weighted by Gasteiger charge is -2.16. The van der Waals surface area contributed by atoms with Crippen LogP contribution in [0.5, 0.6) is 5.75 Å². The van der Waals surface area contributed by atoms with Gasteiger partial charge in [0, 0.05) is 24.7 Å². The van der Waals surface area contributed by atoms with Gasteiger partial charge >= 0.3 is 0 Å². The summed E-state index contributed by atoms with van der Waals surface area (Å²) in [5.74, 6) is 0.259. The molecule has 0 amide bonds. The van der Waals surface area contributed by atoms with Crippen LogP contribution in [0.15, 0.2) is 30.7 Å². The average Bonchev–Trinajstić information content (AvgIpc) is 2.81. The molecule has 0 bridgehead atoms. The summed E-state index contributed by atoms with van der Waals surface area (Å²) in [6.07, 6.45) is 3.45. The van der Waals surface area contributed by atoms with Gasteiger partial charge in [-0.2, -0.15) is 0 Å². The maximum Gasteiger partial charge on any atom is 0.130 e. The summed E-state index contributed by atoms with van der Waals surface area (Å²) in [5.41, 5.74) is 1.87. The third-order valence-corrected chi connectivity index (χ3v) is 3.17. The van der Waals surface area contributed by atoms with Crippen LogP contribution in [0.4, 0.5) is 4.39 Å². The van der Waals surface area contributed by atoms with Gasteiger partial charge in [0.1, 0.15) is 18.2 Å². The zero-order valence-corrected chi connectivity index (χ0v) is 11.4. The van der Waals surface area contributed by atoms with E-state index in [1.54, 1.807) is 18.6 Å². The first-order valence-corrected chi connectivity index (χ1v) is 6.16. The second kappa shape index (κ2) is 5.84. The minimum absolute atomic E-state index is 0.0992. The number of imidazole rings is 1. The van der Waals surface area contributed by atoms with E-state index in [4.69, 9.17) is 4.74 Å². The van der Waals surface area contributed by atoms with Gasteiger partial charge in [-0.15, -0.1) is 0 Å². The maximum absolute atomic E-state index is 13.3. The van der Waals surface area contributed by atoms with Crippen molar-refractivity contribution in [2.24, 2.45) is 7.05 Å². The van der Waals surface area contributed by atoms with Gasteiger partial charge in [0.05, 0.1) is 18.2 Å². The Morgan fingerprint density at radius 1 is 1.47 bits per heavy atom. The van der Waals surface area contributed by atoms with Gasteiger partial charge in [-0.1, -0.05) is 6.07 Å². The lowest BCUT2D eigenvalue weighted by Crippen LogP contribution is -2.14. The molecule has 1 unspecified atom stereocenters. The second-order valence-electron chi connectivity index (χ2n) is 4.48. The summed E-state index contributed by atoms with van der Waals surface area (Å²) in [6, 6.07) is 4.71. The number of aryl methyl sites for hydroxylation is 1. The highest BCUT2D eigenvalue weighted by atomic mass is 19.1. The molecule has 0 aliphatic rings. The molecule has 1 atom stereocenters. The molecule has 0 spiro atoms. The summed E-state index contributed by atoms with van der Waals surface area (Å²) in [7, 11) is 3.76. The number of nitrogens with one attached hydrogen (secondary N) is 1. The smallest absolute Gasteiger partial charge is 0.130 e. The normalized spacial score (nSPS) is 12.4. The van der Waals surface area contributed by atoms with E-state index in [9.17, 15) is 4.39 Å². The largest absolute Gasteiger partial charge is 0.487 e. The quantitative estimate of drug-likeness (QED) is 0.900. The Labute approximate surface area is 112 Å². The van der Waals surface area contributed by atoms with Crippen LogP contribution in [0.2, 0.25) is 0 Å². The van der Waals surface area contributed by atoms with Crippen LogP contribution in [-0.4, -0.2) is 16.6 Å². The molecular weight excluding hydrogens is 245 g/mol. The molecule has 0 aliphatic heterocycles. The Morgan fingerprint density at radius 2 is 2.26 bits per heavy atom. The first kappa shape index (κ1) is 13.5. The van der Waals surface area contributed by atoms with Crippen LogP contribution in [0, 0.1) is 5.82 Å². The first-order valence-electron chi connectivity index (χ1n) is 6.16. The van der Waals surface area contributed by atoms with Crippen molar-refractivity contribution >= 4 is 0 Å². The van der Waals surface area contributed by atoms with Crippen molar-refractivity contribution in [3.63, 3.8) is 0 Å². The number of hydrogen-bond acceptors (Lipinski definition) is 3. The number of aromatic nitrogens is 2. The predicted molar refractivity (Wildman–Crippen MR) is 71.4 cm³/mol. The fourth-order valence-corrected chi connectivity index (χ4v) is 1.82. The predicted octanol–water partition coefficient (Wildman–Crippen LogP) is 2.42. The molecule has 102 valence electrons. The zero-order valence-electron chi connectivity index (χ0n) is 11.4. The van der Waals surface area contributed by atoms with E-state index < -0.39 is 0 Å². The molecule has 0 aliphatic carbocycles. The van der Waals surface area contributed by atoms with Crippen molar-refractivity contribution in [1.82, 2.24) is 14.9 Å². The molecular formula is C14H18FN3O. The Morgan fingerprint density at radius 3 is 2.89 bits per heavy atom. The van der Waals surface area contributed by atoms with Crippen molar-refractivity contribution < 1.29 is 9.13 Å².